The van der Waals surface area contributed by atoms with E-state index < -0.39 is 0 Å². The van der Waals surface area contributed by atoms with Gasteiger partial charge in [-0.15, -0.1) is 0 Å². The van der Waals surface area contributed by atoms with E-state index in [4.69, 9.17) is 14.2 Å². The number of amides is 1. The lowest BCUT2D eigenvalue weighted by atomic mass is 10.2. The molecular weight excluding hydrogens is 380 g/mol. The van der Waals surface area contributed by atoms with Crippen LogP contribution < -0.4 is 19.5 Å². The van der Waals surface area contributed by atoms with Crippen molar-refractivity contribution in [2.45, 2.75) is 6.92 Å². The van der Waals surface area contributed by atoms with Crippen molar-refractivity contribution in [2.24, 2.45) is 0 Å². The van der Waals surface area contributed by atoms with E-state index in [0.29, 0.717) is 37.0 Å². The molecule has 0 saturated carbocycles. The molecule has 30 heavy (non-hydrogen) atoms. The third-order valence-electron chi connectivity index (χ3n) is 3.98. The first kappa shape index (κ1) is 20.9. The van der Waals surface area contributed by atoms with E-state index >= 15 is 0 Å². The molecule has 0 bridgehead atoms. The molecule has 0 radical (unpaired) electrons. The Kier molecular flexibility index (Phi) is 7.85. The van der Waals surface area contributed by atoms with Crippen LogP contribution in [0.1, 0.15) is 12.5 Å². The second kappa shape index (κ2) is 11.3. The Morgan fingerprint density at radius 3 is 2.57 bits per heavy atom. The number of carbonyl (C=O) groups is 1. The number of carbonyl (C=O) groups excluding carboxylic acids is 1. The van der Waals surface area contributed by atoms with Gasteiger partial charge < -0.3 is 19.5 Å². The van der Waals surface area contributed by atoms with Crippen molar-refractivity contribution in [1.82, 2.24) is 4.98 Å². The molecule has 3 aromatic rings. The zero-order valence-corrected chi connectivity index (χ0v) is 16.8. The highest BCUT2D eigenvalue weighted by molar-refractivity contribution is 6.01. The van der Waals surface area contributed by atoms with Gasteiger partial charge in [0, 0.05) is 12.3 Å². The molecule has 1 heterocycles. The van der Waals surface area contributed by atoms with E-state index in [9.17, 15) is 4.79 Å². The maximum atomic E-state index is 12.1. The topological polar surface area (TPSA) is 69.7 Å². The van der Waals surface area contributed by atoms with Crippen molar-refractivity contribution in [3.05, 3.63) is 84.7 Å². The van der Waals surface area contributed by atoms with Crippen molar-refractivity contribution in [3.63, 3.8) is 0 Å². The summed E-state index contributed by atoms with van der Waals surface area (Å²) in [5.74, 6) is 1.81. The fourth-order valence-corrected chi connectivity index (χ4v) is 2.64. The molecule has 0 atom stereocenters. The zero-order valence-electron chi connectivity index (χ0n) is 16.8. The largest absolute Gasteiger partial charge is 0.490 e. The predicted molar refractivity (Wildman–Crippen MR) is 117 cm³/mol. The standard InChI is InChI=1S/C24H24N2O4/c1-2-28-23-17-19(11-13-24(27)26-20-7-6-14-25-18-20)10-12-22(23)30-16-15-29-21-8-4-3-5-9-21/h3-14,17-18H,2,15-16H2,1H3,(H,26,27)/b13-11+. The van der Waals surface area contributed by atoms with Crippen LogP contribution >= 0.6 is 0 Å². The van der Waals surface area contributed by atoms with E-state index in [1.54, 1.807) is 30.6 Å². The Morgan fingerprint density at radius 1 is 0.967 bits per heavy atom. The van der Waals surface area contributed by atoms with Crippen molar-refractivity contribution in [1.29, 1.82) is 0 Å². The zero-order chi connectivity index (χ0) is 21.0. The number of rotatable bonds is 10. The molecule has 0 aliphatic heterocycles. The Labute approximate surface area is 176 Å². The van der Waals surface area contributed by atoms with Gasteiger partial charge in [-0.05, 0) is 55.0 Å². The van der Waals surface area contributed by atoms with Gasteiger partial charge in [0.25, 0.3) is 0 Å². The predicted octanol–water partition coefficient (Wildman–Crippen LogP) is 4.59. The van der Waals surface area contributed by atoms with Crippen LogP contribution in [0.5, 0.6) is 17.2 Å². The fraction of sp³-hybridized carbons (Fsp3) is 0.167. The summed E-state index contributed by atoms with van der Waals surface area (Å²) in [6, 6.07) is 18.7. The highest BCUT2D eigenvalue weighted by atomic mass is 16.5. The van der Waals surface area contributed by atoms with Crippen LogP contribution in [0.2, 0.25) is 0 Å². The summed E-state index contributed by atoms with van der Waals surface area (Å²) < 4.78 is 17.1. The fourth-order valence-electron chi connectivity index (χ4n) is 2.64. The lowest BCUT2D eigenvalue weighted by Gasteiger charge is -2.13. The van der Waals surface area contributed by atoms with E-state index in [1.165, 1.54) is 6.08 Å². The monoisotopic (exact) mass is 404 g/mol. The first-order valence-electron chi connectivity index (χ1n) is 9.71. The lowest BCUT2D eigenvalue weighted by molar-refractivity contribution is -0.111. The number of benzene rings is 2. The Hall–Kier alpha value is -3.80. The number of nitrogens with one attached hydrogen (secondary N) is 1. The van der Waals surface area contributed by atoms with Crippen molar-refractivity contribution >= 4 is 17.7 Å². The van der Waals surface area contributed by atoms with Crippen LogP contribution in [0.25, 0.3) is 6.08 Å². The molecule has 154 valence electrons. The second-order valence-electron chi connectivity index (χ2n) is 6.21. The maximum absolute atomic E-state index is 12.1. The normalized spacial score (nSPS) is 10.6. The quantitative estimate of drug-likeness (QED) is 0.395. The molecule has 2 aromatic carbocycles. The van der Waals surface area contributed by atoms with Gasteiger partial charge in [0.15, 0.2) is 11.5 Å². The number of hydrogen-bond donors (Lipinski definition) is 1. The van der Waals surface area contributed by atoms with Crippen LogP contribution in [0.4, 0.5) is 5.69 Å². The highest BCUT2D eigenvalue weighted by Gasteiger charge is 2.06. The Balaban J connectivity index is 1.56. The van der Waals surface area contributed by atoms with Crippen LogP contribution in [-0.4, -0.2) is 30.7 Å². The molecule has 1 amide bonds. The summed E-state index contributed by atoms with van der Waals surface area (Å²) in [5, 5.41) is 2.75. The summed E-state index contributed by atoms with van der Waals surface area (Å²) >= 11 is 0. The van der Waals surface area contributed by atoms with E-state index in [0.717, 1.165) is 11.3 Å². The van der Waals surface area contributed by atoms with Gasteiger partial charge in [-0.2, -0.15) is 0 Å². The molecule has 3 rings (SSSR count). The SMILES string of the molecule is CCOc1cc(/C=C/C(=O)Nc2cccnc2)ccc1OCCOc1ccccc1. The highest BCUT2D eigenvalue weighted by Crippen LogP contribution is 2.29. The van der Waals surface area contributed by atoms with Crippen LogP contribution in [0.15, 0.2) is 79.1 Å². The van der Waals surface area contributed by atoms with Crippen LogP contribution in [0, 0.1) is 0 Å². The molecule has 1 aromatic heterocycles. The molecule has 0 unspecified atom stereocenters. The van der Waals surface area contributed by atoms with Crippen molar-refractivity contribution < 1.29 is 19.0 Å². The van der Waals surface area contributed by atoms with Crippen LogP contribution in [0.3, 0.4) is 0 Å². The lowest BCUT2D eigenvalue weighted by Crippen LogP contribution is -2.10. The van der Waals surface area contributed by atoms with Crippen LogP contribution in [-0.2, 0) is 4.79 Å². The first-order valence-corrected chi connectivity index (χ1v) is 9.71. The number of aromatic nitrogens is 1. The minimum Gasteiger partial charge on any atom is -0.490 e. The molecule has 1 N–H and O–H groups in total. The van der Waals surface area contributed by atoms with Gasteiger partial charge in [-0.25, -0.2) is 0 Å². The third kappa shape index (κ3) is 6.67. The van der Waals surface area contributed by atoms with E-state index in [-0.39, 0.29) is 5.91 Å². The Bertz CT molecular complexity index is 959. The Morgan fingerprint density at radius 2 is 1.80 bits per heavy atom. The molecule has 0 aliphatic carbocycles. The molecule has 6 heteroatoms. The number of pyridine rings is 1. The summed E-state index contributed by atoms with van der Waals surface area (Å²) in [4.78, 5) is 16.0. The molecule has 0 aliphatic rings. The van der Waals surface area contributed by atoms with Gasteiger partial charge in [0.1, 0.15) is 19.0 Å². The van der Waals surface area contributed by atoms with Crippen molar-refractivity contribution in [3.8, 4) is 17.2 Å². The molecule has 6 nitrogen and oxygen atoms in total. The van der Waals surface area contributed by atoms with Gasteiger partial charge >= 0.3 is 0 Å². The molecule has 0 spiro atoms. The van der Waals surface area contributed by atoms with E-state index in [2.05, 4.69) is 10.3 Å². The number of para-hydroxylation sites is 1. The van der Waals surface area contributed by atoms with Gasteiger partial charge in [-0.3, -0.25) is 9.78 Å². The van der Waals surface area contributed by atoms with E-state index in [1.807, 2.05) is 55.5 Å². The maximum Gasteiger partial charge on any atom is 0.248 e. The summed E-state index contributed by atoms with van der Waals surface area (Å²) in [5.41, 5.74) is 1.47. The first-order chi connectivity index (χ1) is 14.7. The summed E-state index contributed by atoms with van der Waals surface area (Å²) in [6.07, 6.45) is 6.42. The van der Waals surface area contributed by atoms with Gasteiger partial charge in [-0.1, -0.05) is 24.3 Å². The third-order valence-corrected chi connectivity index (χ3v) is 3.98. The van der Waals surface area contributed by atoms with Gasteiger partial charge in [0.05, 0.1) is 18.5 Å². The summed E-state index contributed by atoms with van der Waals surface area (Å²) in [6.45, 7) is 3.22. The van der Waals surface area contributed by atoms with Crippen molar-refractivity contribution in [2.75, 3.05) is 25.1 Å². The van der Waals surface area contributed by atoms with Gasteiger partial charge in [0.2, 0.25) is 5.91 Å². The number of ether oxygens (including phenoxy) is 3. The average molecular weight is 404 g/mol. The number of nitrogens with zero attached hydrogens (tertiary/aromatic N) is 1. The average Bonchev–Trinajstić information content (AvgIpc) is 2.78. The minimum atomic E-state index is -0.237. The summed E-state index contributed by atoms with van der Waals surface area (Å²) in [7, 11) is 0. The molecule has 0 fully saturated rings. The number of anilines is 1. The second-order valence-corrected chi connectivity index (χ2v) is 6.21. The number of hydrogen-bond acceptors (Lipinski definition) is 5. The molecule has 0 saturated heterocycles. The smallest absolute Gasteiger partial charge is 0.248 e. The molecular formula is C24H24N2O4. The minimum absolute atomic E-state index is 0.237.